The van der Waals surface area contributed by atoms with Gasteiger partial charge in [0.25, 0.3) is 10.0 Å². The number of benzene rings is 2. The molecule has 0 atom stereocenters. The molecule has 2 rings (SSSR count). The van der Waals surface area contributed by atoms with Crippen LogP contribution in [0.2, 0.25) is 0 Å². The van der Waals surface area contributed by atoms with Gasteiger partial charge in [-0.05, 0) is 42.2 Å². The van der Waals surface area contributed by atoms with Crippen molar-refractivity contribution in [3.05, 3.63) is 48.0 Å². The summed E-state index contributed by atoms with van der Waals surface area (Å²) in [5, 5.41) is 0. The average Bonchev–Trinajstić information content (AvgIpc) is 2.54. The third-order valence-corrected chi connectivity index (χ3v) is 4.91. The third kappa shape index (κ3) is 4.41. The van der Waals surface area contributed by atoms with Crippen LogP contribution in [0.4, 0.5) is 5.69 Å². The summed E-state index contributed by atoms with van der Waals surface area (Å²) in [6.45, 7) is 4.26. The normalized spacial score (nSPS) is 11.4. The lowest BCUT2D eigenvalue weighted by molar-refractivity contribution is 0.355. The van der Waals surface area contributed by atoms with Crippen molar-refractivity contribution in [2.75, 3.05) is 18.9 Å². The highest BCUT2D eigenvalue weighted by Crippen LogP contribution is 2.30. The molecule has 0 aliphatic heterocycles. The Morgan fingerprint density at radius 1 is 0.958 bits per heavy atom. The van der Waals surface area contributed by atoms with Crippen molar-refractivity contribution in [2.45, 2.75) is 25.2 Å². The van der Waals surface area contributed by atoms with Crippen LogP contribution in [0, 0.1) is 5.92 Å². The van der Waals surface area contributed by atoms with Crippen molar-refractivity contribution < 1.29 is 17.9 Å². The topological polar surface area (TPSA) is 64.6 Å². The lowest BCUT2D eigenvalue weighted by Crippen LogP contribution is -2.13. The van der Waals surface area contributed by atoms with Gasteiger partial charge in [0.05, 0.1) is 24.8 Å². The lowest BCUT2D eigenvalue weighted by Gasteiger charge is -2.12. The fraction of sp³-hybridized carbons (Fsp3) is 0.333. The monoisotopic (exact) mass is 349 g/mol. The SMILES string of the molecule is COc1ccc(NS(=O)(=O)c2ccc(CC(C)C)cc2)cc1OC. The molecule has 0 bridgehead atoms. The maximum absolute atomic E-state index is 12.5. The highest BCUT2D eigenvalue weighted by molar-refractivity contribution is 7.92. The molecule has 0 aliphatic rings. The molecule has 5 nitrogen and oxygen atoms in total. The lowest BCUT2D eigenvalue weighted by atomic mass is 10.0. The third-order valence-electron chi connectivity index (χ3n) is 3.51. The van der Waals surface area contributed by atoms with E-state index in [0.29, 0.717) is 23.1 Å². The van der Waals surface area contributed by atoms with Crippen molar-refractivity contribution in [1.82, 2.24) is 0 Å². The summed E-state index contributed by atoms with van der Waals surface area (Å²) in [5.74, 6) is 1.53. The second-order valence-electron chi connectivity index (χ2n) is 5.92. The van der Waals surface area contributed by atoms with Crippen LogP contribution < -0.4 is 14.2 Å². The van der Waals surface area contributed by atoms with Gasteiger partial charge in [0.15, 0.2) is 11.5 Å². The molecule has 2 aromatic rings. The van der Waals surface area contributed by atoms with E-state index in [1.54, 1.807) is 30.3 Å². The summed E-state index contributed by atoms with van der Waals surface area (Å²) in [6, 6.07) is 11.8. The van der Waals surface area contributed by atoms with Gasteiger partial charge < -0.3 is 9.47 Å². The van der Waals surface area contributed by atoms with E-state index in [-0.39, 0.29) is 4.90 Å². The zero-order chi connectivity index (χ0) is 17.7. The van der Waals surface area contributed by atoms with Crippen LogP contribution >= 0.6 is 0 Å². The van der Waals surface area contributed by atoms with Gasteiger partial charge in [0, 0.05) is 6.07 Å². The molecule has 24 heavy (non-hydrogen) atoms. The molecule has 0 saturated heterocycles. The molecule has 0 radical (unpaired) electrons. The standard InChI is InChI=1S/C18H23NO4S/c1-13(2)11-14-5-8-16(9-6-14)24(20,21)19-15-7-10-17(22-3)18(12-15)23-4/h5-10,12-13,19H,11H2,1-4H3. The van der Waals surface area contributed by atoms with Gasteiger partial charge in [-0.25, -0.2) is 8.42 Å². The molecule has 0 aliphatic carbocycles. The number of nitrogens with one attached hydrogen (secondary N) is 1. The maximum Gasteiger partial charge on any atom is 0.261 e. The number of hydrogen-bond donors (Lipinski definition) is 1. The van der Waals surface area contributed by atoms with E-state index in [0.717, 1.165) is 12.0 Å². The number of methoxy groups -OCH3 is 2. The van der Waals surface area contributed by atoms with Crippen molar-refractivity contribution in [3.8, 4) is 11.5 Å². The Labute approximate surface area is 143 Å². The first-order chi connectivity index (χ1) is 11.4. The molecule has 0 amide bonds. The van der Waals surface area contributed by atoms with Gasteiger partial charge in [-0.1, -0.05) is 26.0 Å². The van der Waals surface area contributed by atoms with Crippen LogP contribution in [0.5, 0.6) is 11.5 Å². The summed E-state index contributed by atoms with van der Waals surface area (Å²) in [7, 11) is -0.618. The van der Waals surface area contributed by atoms with Crippen LogP contribution in [-0.4, -0.2) is 22.6 Å². The summed E-state index contributed by atoms with van der Waals surface area (Å²) >= 11 is 0. The number of anilines is 1. The van der Waals surface area contributed by atoms with Crippen LogP contribution in [0.3, 0.4) is 0 Å². The molecular formula is C18H23NO4S. The summed E-state index contributed by atoms with van der Waals surface area (Å²) < 4.78 is 37.9. The Bertz CT molecular complexity index is 783. The Morgan fingerprint density at radius 2 is 1.58 bits per heavy atom. The molecule has 1 N–H and O–H groups in total. The molecule has 0 spiro atoms. The van der Waals surface area contributed by atoms with E-state index in [1.165, 1.54) is 14.2 Å². The van der Waals surface area contributed by atoms with E-state index in [9.17, 15) is 8.42 Å². The Balaban J connectivity index is 2.22. The number of hydrogen-bond acceptors (Lipinski definition) is 4. The fourth-order valence-corrected chi connectivity index (χ4v) is 3.44. The zero-order valence-electron chi connectivity index (χ0n) is 14.4. The molecule has 2 aromatic carbocycles. The zero-order valence-corrected chi connectivity index (χ0v) is 15.2. The molecule has 6 heteroatoms. The first-order valence-electron chi connectivity index (χ1n) is 7.69. The highest BCUT2D eigenvalue weighted by Gasteiger charge is 2.15. The summed E-state index contributed by atoms with van der Waals surface area (Å²) in [5.41, 5.74) is 1.54. The smallest absolute Gasteiger partial charge is 0.261 e. The molecule has 0 fully saturated rings. The molecule has 0 unspecified atom stereocenters. The largest absolute Gasteiger partial charge is 0.493 e. The van der Waals surface area contributed by atoms with Crippen molar-refractivity contribution >= 4 is 15.7 Å². The Kier molecular flexibility index (Phi) is 5.72. The maximum atomic E-state index is 12.5. The molecule has 0 aromatic heterocycles. The van der Waals surface area contributed by atoms with Gasteiger partial charge in [0.1, 0.15) is 0 Å². The first kappa shape index (κ1) is 18.1. The van der Waals surface area contributed by atoms with Crippen molar-refractivity contribution in [1.29, 1.82) is 0 Å². The number of ether oxygens (including phenoxy) is 2. The van der Waals surface area contributed by atoms with E-state index < -0.39 is 10.0 Å². The van der Waals surface area contributed by atoms with E-state index in [2.05, 4.69) is 18.6 Å². The number of rotatable bonds is 7. The van der Waals surface area contributed by atoms with Crippen molar-refractivity contribution in [3.63, 3.8) is 0 Å². The van der Waals surface area contributed by atoms with Crippen LogP contribution in [0.25, 0.3) is 0 Å². The second kappa shape index (κ2) is 7.57. The molecule has 130 valence electrons. The molecular weight excluding hydrogens is 326 g/mol. The Hall–Kier alpha value is -2.21. The first-order valence-corrected chi connectivity index (χ1v) is 9.18. The second-order valence-corrected chi connectivity index (χ2v) is 7.60. The van der Waals surface area contributed by atoms with Crippen LogP contribution in [0.15, 0.2) is 47.4 Å². The quantitative estimate of drug-likeness (QED) is 0.828. The predicted octanol–water partition coefficient (Wildman–Crippen LogP) is 3.70. The van der Waals surface area contributed by atoms with Gasteiger partial charge in [-0.3, -0.25) is 4.72 Å². The van der Waals surface area contributed by atoms with E-state index >= 15 is 0 Å². The van der Waals surface area contributed by atoms with E-state index in [1.807, 2.05) is 12.1 Å². The minimum atomic E-state index is -3.65. The summed E-state index contributed by atoms with van der Waals surface area (Å²) in [4.78, 5) is 0.227. The van der Waals surface area contributed by atoms with E-state index in [4.69, 9.17) is 9.47 Å². The van der Waals surface area contributed by atoms with Gasteiger partial charge in [-0.15, -0.1) is 0 Å². The average molecular weight is 349 g/mol. The Morgan fingerprint density at radius 3 is 2.12 bits per heavy atom. The fourth-order valence-electron chi connectivity index (χ4n) is 2.39. The summed E-state index contributed by atoms with van der Waals surface area (Å²) in [6.07, 6.45) is 0.920. The minimum Gasteiger partial charge on any atom is -0.493 e. The molecule has 0 heterocycles. The van der Waals surface area contributed by atoms with Crippen LogP contribution in [0.1, 0.15) is 19.4 Å². The predicted molar refractivity (Wildman–Crippen MR) is 95.3 cm³/mol. The van der Waals surface area contributed by atoms with Gasteiger partial charge in [0.2, 0.25) is 0 Å². The highest BCUT2D eigenvalue weighted by atomic mass is 32.2. The van der Waals surface area contributed by atoms with Gasteiger partial charge in [-0.2, -0.15) is 0 Å². The van der Waals surface area contributed by atoms with Crippen LogP contribution in [-0.2, 0) is 16.4 Å². The van der Waals surface area contributed by atoms with Gasteiger partial charge >= 0.3 is 0 Å². The molecule has 0 saturated carbocycles. The van der Waals surface area contributed by atoms with Crippen molar-refractivity contribution in [2.24, 2.45) is 5.92 Å². The minimum absolute atomic E-state index is 0.227. The number of sulfonamides is 1.